The highest BCUT2D eigenvalue weighted by molar-refractivity contribution is 5.81. The number of benzene rings is 2. The van der Waals surface area contributed by atoms with Crippen molar-refractivity contribution in [2.75, 3.05) is 40.1 Å². The van der Waals surface area contributed by atoms with Crippen molar-refractivity contribution in [3.8, 4) is 17.2 Å². The molecule has 1 atom stereocenters. The van der Waals surface area contributed by atoms with Gasteiger partial charge in [-0.1, -0.05) is 18.2 Å². The number of piperazine rings is 1. The van der Waals surface area contributed by atoms with E-state index in [1.54, 1.807) is 7.11 Å². The Balaban J connectivity index is 1.22. The molecule has 1 amide bonds. The fraction of sp³-hybridized carbons (Fsp3) is 0.435. The molecule has 30 heavy (non-hydrogen) atoms. The largest absolute Gasteiger partial charge is 0.497 e. The number of hydrogen-bond acceptors (Lipinski definition) is 6. The molecular weight excluding hydrogens is 382 g/mol. The lowest BCUT2D eigenvalue weighted by atomic mass is 10.1. The van der Waals surface area contributed by atoms with Crippen LogP contribution in [0, 0.1) is 0 Å². The second-order valence-corrected chi connectivity index (χ2v) is 7.74. The lowest BCUT2D eigenvalue weighted by molar-refractivity contribution is -0.126. The minimum Gasteiger partial charge on any atom is -0.497 e. The molecule has 2 aliphatic heterocycles. The zero-order valence-electron chi connectivity index (χ0n) is 17.6. The minimum absolute atomic E-state index is 0.0649. The van der Waals surface area contributed by atoms with Crippen LogP contribution in [0.2, 0.25) is 0 Å². The average Bonchev–Trinajstić information content (AvgIpc) is 3.26. The van der Waals surface area contributed by atoms with Crippen LogP contribution in [0.5, 0.6) is 17.2 Å². The number of nitrogens with zero attached hydrogens (tertiary/aromatic N) is 2. The van der Waals surface area contributed by atoms with Crippen molar-refractivity contribution >= 4 is 5.91 Å². The average molecular weight is 412 g/mol. The van der Waals surface area contributed by atoms with E-state index in [2.05, 4.69) is 27.2 Å². The van der Waals surface area contributed by atoms with Crippen LogP contribution in [0.15, 0.2) is 42.5 Å². The monoisotopic (exact) mass is 411 g/mol. The van der Waals surface area contributed by atoms with Crippen molar-refractivity contribution in [3.63, 3.8) is 0 Å². The van der Waals surface area contributed by atoms with E-state index >= 15 is 0 Å². The van der Waals surface area contributed by atoms with Gasteiger partial charge in [0.05, 0.1) is 13.2 Å². The molecular formula is C23H29N3O4. The van der Waals surface area contributed by atoms with E-state index in [1.165, 1.54) is 5.56 Å². The summed E-state index contributed by atoms with van der Waals surface area (Å²) in [6.07, 6.45) is 0. The van der Waals surface area contributed by atoms with Gasteiger partial charge in [0.1, 0.15) is 5.75 Å². The van der Waals surface area contributed by atoms with Gasteiger partial charge in [-0.05, 0) is 42.3 Å². The van der Waals surface area contributed by atoms with E-state index in [1.807, 2.05) is 37.3 Å². The van der Waals surface area contributed by atoms with Gasteiger partial charge in [-0.15, -0.1) is 0 Å². The van der Waals surface area contributed by atoms with Crippen molar-refractivity contribution in [1.82, 2.24) is 15.1 Å². The van der Waals surface area contributed by atoms with Crippen LogP contribution in [0.4, 0.5) is 0 Å². The first kappa shape index (κ1) is 20.5. The first-order valence-electron chi connectivity index (χ1n) is 10.4. The van der Waals surface area contributed by atoms with Crippen LogP contribution in [0.25, 0.3) is 0 Å². The first-order chi connectivity index (χ1) is 14.6. The number of methoxy groups -OCH3 is 1. The van der Waals surface area contributed by atoms with Crippen LogP contribution >= 0.6 is 0 Å². The molecule has 0 unspecified atom stereocenters. The molecule has 7 nitrogen and oxygen atoms in total. The fourth-order valence-corrected chi connectivity index (χ4v) is 3.85. The highest BCUT2D eigenvalue weighted by Crippen LogP contribution is 2.32. The zero-order valence-corrected chi connectivity index (χ0v) is 17.6. The standard InChI is InChI=1S/C23H29N3O4/c1-17(23(27)24-14-18-3-6-20(28-2)7-4-18)26-11-9-25(10-12-26)15-19-5-8-21-22(13-19)30-16-29-21/h3-8,13,17H,9-12,14-16H2,1-2H3,(H,24,27)/t17-/m1/s1. The van der Waals surface area contributed by atoms with Crippen molar-refractivity contribution in [2.45, 2.75) is 26.1 Å². The van der Waals surface area contributed by atoms with Crippen molar-refractivity contribution in [2.24, 2.45) is 0 Å². The van der Waals surface area contributed by atoms with E-state index < -0.39 is 0 Å². The molecule has 2 aliphatic rings. The molecule has 0 bridgehead atoms. The van der Waals surface area contributed by atoms with Gasteiger partial charge in [0, 0.05) is 39.3 Å². The third kappa shape index (κ3) is 4.86. The van der Waals surface area contributed by atoms with E-state index in [-0.39, 0.29) is 11.9 Å². The number of hydrogen-bond donors (Lipinski definition) is 1. The van der Waals surface area contributed by atoms with Crippen molar-refractivity contribution < 1.29 is 19.0 Å². The second-order valence-electron chi connectivity index (χ2n) is 7.74. The minimum atomic E-state index is -0.143. The Labute approximate surface area is 177 Å². The molecule has 2 aromatic rings. The number of carbonyl (C=O) groups excluding carboxylic acids is 1. The van der Waals surface area contributed by atoms with Crippen LogP contribution < -0.4 is 19.5 Å². The van der Waals surface area contributed by atoms with Gasteiger partial charge in [-0.3, -0.25) is 14.6 Å². The number of ether oxygens (including phenoxy) is 3. The molecule has 1 N–H and O–H groups in total. The van der Waals surface area contributed by atoms with Gasteiger partial charge in [0.2, 0.25) is 12.7 Å². The molecule has 1 fully saturated rings. The molecule has 7 heteroatoms. The summed E-state index contributed by atoms with van der Waals surface area (Å²) in [6.45, 7) is 7.31. The van der Waals surface area contributed by atoms with E-state index in [0.29, 0.717) is 13.3 Å². The van der Waals surface area contributed by atoms with Crippen LogP contribution in [-0.2, 0) is 17.9 Å². The van der Waals surface area contributed by atoms with Crippen LogP contribution in [0.1, 0.15) is 18.1 Å². The lowest BCUT2D eigenvalue weighted by Gasteiger charge is -2.37. The highest BCUT2D eigenvalue weighted by Gasteiger charge is 2.25. The zero-order chi connectivity index (χ0) is 20.9. The highest BCUT2D eigenvalue weighted by atomic mass is 16.7. The number of nitrogens with one attached hydrogen (secondary N) is 1. The van der Waals surface area contributed by atoms with Gasteiger partial charge in [-0.2, -0.15) is 0 Å². The van der Waals surface area contributed by atoms with Gasteiger partial charge in [0.25, 0.3) is 0 Å². The van der Waals surface area contributed by atoms with Gasteiger partial charge >= 0.3 is 0 Å². The molecule has 2 heterocycles. The third-order valence-electron chi connectivity index (χ3n) is 5.80. The summed E-state index contributed by atoms with van der Waals surface area (Å²) in [4.78, 5) is 17.3. The molecule has 0 spiro atoms. The Morgan fingerprint density at radius 1 is 1.03 bits per heavy atom. The Morgan fingerprint density at radius 2 is 1.73 bits per heavy atom. The number of rotatable bonds is 7. The van der Waals surface area contributed by atoms with Crippen molar-refractivity contribution in [3.05, 3.63) is 53.6 Å². The van der Waals surface area contributed by atoms with E-state index in [4.69, 9.17) is 14.2 Å². The fourth-order valence-electron chi connectivity index (χ4n) is 3.85. The Hall–Kier alpha value is -2.77. The van der Waals surface area contributed by atoms with E-state index in [9.17, 15) is 4.79 Å². The SMILES string of the molecule is COc1ccc(CNC(=O)[C@@H](C)N2CCN(Cc3ccc4c(c3)OCO4)CC2)cc1. The molecule has 4 rings (SSSR count). The number of carbonyl (C=O) groups is 1. The maximum absolute atomic E-state index is 12.6. The molecule has 1 saturated heterocycles. The summed E-state index contributed by atoms with van der Waals surface area (Å²) >= 11 is 0. The summed E-state index contributed by atoms with van der Waals surface area (Å²) in [5, 5.41) is 3.05. The van der Waals surface area contributed by atoms with Gasteiger partial charge in [0.15, 0.2) is 11.5 Å². The molecule has 0 saturated carbocycles. The van der Waals surface area contributed by atoms with Gasteiger partial charge < -0.3 is 19.5 Å². The van der Waals surface area contributed by atoms with Crippen molar-refractivity contribution in [1.29, 1.82) is 0 Å². The van der Waals surface area contributed by atoms with Crippen LogP contribution in [0.3, 0.4) is 0 Å². The first-order valence-corrected chi connectivity index (χ1v) is 10.4. The summed E-state index contributed by atoms with van der Waals surface area (Å²) in [5.74, 6) is 2.53. The predicted molar refractivity (Wildman–Crippen MR) is 114 cm³/mol. The molecule has 160 valence electrons. The second kappa shape index (κ2) is 9.36. The van der Waals surface area contributed by atoms with E-state index in [0.717, 1.165) is 55.5 Å². The molecule has 0 aromatic heterocycles. The smallest absolute Gasteiger partial charge is 0.237 e. The Morgan fingerprint density at radius 3 is 2.47 bits per heavy atom. The van der Waals surface area contributed by atoms with Crippen LogP contribution in [-0.4, -0.2) is 61.8 Å². The molecule has 0 radical (unpaired) electrons. The lowest BCUT2D eigenvalue weighted by Crippen LogP contribution is -2.53. The molecule has 0 aliphatic carbocycles. The number of amides is 1. The number of fused-ring (bicyclic) bond motifs is 1. The summed E-state index contributed by atoms with van der Waals surface area (Å²) < 4.78 is 16.0. The quantitative estimate of drug-likeness (QED) is 0.754. The maximum Gasteiger partial charge on any atom is 0.237 e. The topological polar surface area (TPSA) is 63.3 Å². The summed E-state index contributed by atoms with van der Waals surface area (Å²) in [6, 6.07) is 13.7. The normalized spacial score (nSPS) is 17.5. The molecule has 2 aromatic carbocycles. The summed E-state index contributed by atoms with van der Waals surface area (Å²) in [5.41, 5.74) is 2.28. The third-order valence-corrected chi connectivity index (χ3v) is 5.80. The predicted octanol–water partition coefficient (Wildman–Crippen LogP) is 2.25. The Bertz CT molecular complexity index is 863. The maximum atomic E-state index is 12.6. The Kier molecular flexibility index (Phi) is 6.40. The summed E-state index contributed by atoms with van der Waals surface area (Å²) in [7, 11) is 1.65. The van der Waals surface area contributed by atoms with Gasteiger partial charge in [-0.25, -0.2) is 0 Å².